The predicted octanol–water partition coefficient (Wildman–Crippen LogP) is 3.14. The van der Waals surface area contributed by atoms with Gasteiger partial charge in [0.15, 0.2) is 6.29 Å². The van der Waals surface area contributed by atoms with Crippen molar-refractivity contribution in [2.24, 2.45) is 0 Å². The Hall–Kier alpha value is -1.51. The van der Waals surface area contributed by atoms with Gasteiger partial charge in [0, 0.05) is 30.9 Å². The summed E-state index contributed by atoms with van der Waals surface area (Å²) in [7, 11) is 0. The zero-order chi connectivity index (χ0) is 19.8. The molecule has 1 saturated heterocycles. The number of nitrogens with zero attached hydrogens (tertiary/aromatic N) is 1. The summed E-state index contributed by atoms with van der Waals surface area (Å²) in [5.74, 6) is 0. The maximum absolute atomic E-state index is 13.3. The molecule has 1 aliphatic rings. The lowest BCUT2D eigenvalue weighted by atomic mass is 9.87. The van der Waals surface area contributed by atoms with Crippen LogP contribution in [-0.2, 0) is 10.9 Å². The zero-order valence-electron chi connectivity index (χ0n) is 15.3. The minimum absolute atomic E-state index is 0.0198. The van der Waals surface area contributed by atoms with E-state index >= 15 is 0 Å². The number of ether oxygens (including phenoxy) is 1. The van der Waals surface area contributed by atoms with E-state index in [9.17, 15) is 23.4 Å². The second-order valence-corrected chi connectivity index (χ2v) is 7.87. The molecule has 0 radical (unpaired) electrons. The molecule has 1 aliphatic heterocycles. The van der Waals surface area contributed by atoms with Crippen LogP contribution in [-0.4, -0.2) is 40.8 Å². The molecule has 4 N–H and O–H groups in total. The van der Waals surface area contributed by atoms with Gasteiger partial charge in [0.05, 0.1) is 16.8 Å². The van der Waals surface area contributed by atoms with Crippen LogP contribution >= 0.6 is 0 Å². The molecule has 0 aliphatic carbocycles. The van der Waals surface area contributed by atoms with Crippen LogP contribution in [0, 0.1) is 0 Å². The predicted molar refractivity (Wildman–Crippen MR) is 93.7 cm³/mol. The quantitative estimate of drug-likeness (QED) is 0.556. The Kier molecular flexibility index (Phi) is 5.80. The zero-order valence-corrected chi connectivity index (χ0v) is 15.3. The second-order valence-electron chi connectivity index (χ2n) is 7.87. The first-order valence-electron chi connectivity index (χ1n) is 8.59. The minimum atomic E-state index is -4.50. The molecule has 0 bridgehead atoms. The third-order valence-electron chi connectivity index (χ3n) is 4.41. The molecule has 2 rings (SSSR count). The largest absolute Gasteiger partial charge is 0.418 e. The minimum Gasteiger partial charge on any atom is -0.399 e. The Balaban J connectivity index is 2.07. The highest BCUT2D eigenvalue weighted by molar-refractivity contribution is 5.61. The molecule has 1 atom stereocenters. The van der Waals surface area contributed by atoms with E-state index in [0.717, 1.165) is 6.07 Å². The lowest BCUT2D eigenvalue weighted by molar-refractivity contribution is -0.193. The number of rotatable bonds is 4. The summed E-state index contributed by atoms with van der Waals surface area (Å²) in [5, 5.41) is 20.7. The molecule has 0 saturated carbocycles. The Bertz CT molecular complexity index is 621. The Morgan fingerprint density at radius 2 is 1.81 bits per heavy atom. The number of hydrogen-bond donors (Lipinski definition) is 3. The highest BCUT2D eigenvalue weighted by atomic mass is 19.4. The maximum Gasteiger partial charge on any atom is 0.418 e. The first-order valence-corrected chi connectivity index (χ1v) is 8.59. The SMILES string of the molecule is CC(C)(C)OC(O)CC1(O)CCN(c2ccc(N)cc2C(F)(F)F)CC1. The molecular weight excluding hydrogens is 349 g/mol. The van der Waals surface area contributed by atoms with Crippen molar-refractivity contribution in [3.8, 4) is 0 Å². The van der Waals surface area contributed by atoms with Crippen molar-refractivity contribution in [2.75, 3.05) is 23.7 Å². The molecule has 26 heavy (non-hydrogen) atoms. The standard InChI is InChI=1S/C18H27F3N2O3/c1-16(2,3)26-15(24)11-17(25)6-8-23(9-7-17)14-5-4-12(22)10-13(14)18(19,20)21/h4-5,10,15,24-25H,6-9,11,22H2,1-3H3. The van der Waals surface area contributed by atoms with Crippen molar-refractivity contribution < 1.29 is 28.1 Å². The van der Waals surface area contributed by atoms with Gasteiger partial charge in [-0.15, -0.1) is 0 Å². The number of aliphatic hydroxyl groups excluding tert-OH is 1. The molecule has 1 aromatic rings. The van der Waals surface area contributed by atoms with Gasteiger partial charge in [0.25, 0.3) is 0 Å². The number of benzene rings is 1. The van der Waals surface area contributed by atoms with E-state index in [-0.39, 0.29) is 43.7 Å². The van der Waals surface area contributed by atoms with Crippen LogP contribution in [0.5, 0.6) is 0 Å². The van der Waals surface area contributed by atoms with E-state index in [1.165, 1.54) is 12.1 Å². The van der Waals surface area contributed by atoms with Gasteiger partial charge < -0.3 is 25.6 Å². The van der Waals surface area contributed by atoms with Crippen LogP contribution in [0.25, 0.3) is 0 Å². The van der Waals surface area contributed by atoms with Gasteiger partial charge in [-0.3, -0.25) is 0 Å². The highest BCUT2D eigenvalue weighted by Crippen LogP contribution is 2.40. The van der Waals surface area contributed by atoms with E-state index in [0.29, 0.717) is 0 Å². The second kappa shape index (κ2) is 7.25. The van der Waals surface area contributed by atoms with Crippen molar-refractivity contribution >= 4 is 11.4 Å². The fraction of sp³-hybridized carbons (Fsp3) is 0.667. The number of anilines is 2. The summed E-state index contributed by atoms with van der Waals surface area (Å²) in [6.45, 7) is 5.87. The molecule has 1 aromatic carbocycles. The monoisotopic (exact) mass is 376 g/mol. The van der Waals surface area contributed by atoms with E-state index < -0.39 is 29.2 Å². The van der Waals surface area contributed by atoms with Gasteiger partial charge in [-0.2, -0.15) is 13.2 Å². The molecule has 1 heterocycles. The summed E-state index contributed by atoms with van der Waals surface area (Å²) in [4.78, 5) is 1.59. The van der Waals surface area contributed by atoms with Crippen LogP contribution < -0.4 is 10.6 Å². The molecule has 1 unspecified atom stereocenters. The van der Waals surface area contributed by atoms with E-state index in [4.69, 9.17) is 10.5 Å². The number of alkyl halides is 3. The number of nitrogens with two attached hydrogens (primary N) is 1. The van der Waals surface area contributed by atoms with Crippen molar-refractivity contribution in [1.29, 1.82) is 0 Å². The number of hydrogen-bond acceptors (Lipinski definition) is 5. The van der Waals surface area contributed by atoms with Gasteiger partial charge >= 0.3 is 6.18 Å². The van der Waals surface area contributed by atoms with Crippen molar-refractivity contribution in [3.63, 3.8) is 0 Å². The van der Waals surface area contributed by atoms with Crippen LogP contribution in [0.2, 0.25) is 0 Å². The first-order chi connectivity index (χ1) is 11.8. The molecular formula is C18H27F3N2O3. The molecule has 0 amide bonds. The number of piperidine rings is 1. The summed E-state index contributed by atoms with van der Waals surface area (Å²) in [6, 6.07) is 3.73. The van der Waals surface area contributed by atoms with Crippen LogP contribution in [0.1, 0.15) is 45.6 Å². The summed E-state index contributed by atoms with van der Waals surface area (Å²) < 4.78 is 45.3. The summed E-state index contributed by atoms with van der Waals surface area (Å²) in [6.07, 6.45) is -5.14. The molecule has 5 nitrogen and oxygen atoms in total. The molecule has 1 fully saturated rings. The van der Waals surface area contributed by atoms with Crippen LogP contribution in [0.3, 0.4) is 0 Å². The maximum atomic E-state index is 13.3. The van der Waals surface area contributed by atoms with Gasteiger partial charge in [-0.1, -0.05) is 0 Å². The lowest BCUT2D eigenvalue weighted by Crippen LogP contribution is -2.47. The Labute approximate surface area is 151 Å². The normalized spacial score (nSPS) is 19.5. The number of aliphatic hydroxyl groups is 2. The van der Waals surface area contributed by atoms with Crippen LogP contribution in [0.15, 0.2) is 18.2 Å². The molecule has 0 spiro atoms. The van der Waals surface area contributed by atoms with Gasteiger partial charge in [-0.05, 0) is 51.8 Å². The fourth-order valence-electron chi connectivity index (χ4n) is 3.20. The van der Waals surface area contributed by atoms with Crippen molar-refractivity contribution in [2.45, 2.75) is 63.7 Å². The first kappa shape index (κ1) is 20.8. The Morgan fingerprint density at radius 1 is 1.23 bits per heavy atom. The molecule has 148 valence electrons. The lowest BCUT2D eigenvalue weighted by Gasteiger charge is -2.41. The third-order valence-corrected chi connectivity index (χ3v) is 4.41. The van der Waals surface area contributed by atoms with Gasteiger partial charge in [-0.25, -0.2) is 0 Å². The third kappa shape index (κ3) is 5.49. The average Bonchev–Trinajstić information content (AvgIpc) is 2.45. The molecule has 8 heteroatoms. The number of nitrogen functional groups attached to an aromatic ring is 1. The average molecular weight is 376 g/mol. The smallest absolute Gasteiger partial charge is 0.399 e. The van der Waals surface area contributed by atoms with E-state index in [1.807, 2.05) is 0 Å². The number of halogens is 3. The summed E-state index contributed by atoms with van der Waals surface area (Å²) >= 11 is 0. The topological polar surface area (TPSA) is 79.0 Å². The van der Waals surface area contributed by atoms with Crippen molar-refractivity contribution in [3.05, 3.63) is 23.8 Å². The summed E-state index contributed by atoms with van der Waals surface area (Å²) in [5.41, 5.74) is 3.10. The van der Waals surface area contributed by atoms with Crippen LogP contribution in [0.4, 0.5) is 24.5 Å². The van der Waals surface area contributed by atoms with Gasteiger partial charge in [0.2, 0.25) is 0 Å². The fourth-order valence-corrected chi connectivity index (χ4v) is 3.20. The van der Waals surface area contributed by atoms with Gasteiger partial charge in [0.1, 0.15) is 0 Å². The Morgan fingerprint density at radius 3 is 2.31 bits per heavy atom. The molecule has 0 aromatic heterocycles. The van der Waals surface area contributed by atoms with E-state index in [2.05, 4.69) is 0 Å². The van der Waals surface area contributed by atoms with Crippen molar-refractivity contribution in [1.82, 2.24) is 0 Å². The highest BCUT2D eigenvalue weighted by Gasteiger charge is 2.39. The van der Waals surface area contributed by atoms with E-state index in [1.54, 1.807) is 25.7 Å².